The van der Waals surface area contributed by atoms with Gasteiger partial charge < -0.3 is 19.3 Å². The van der Waals surface area contributed by atoms with E-state index >= 15 is 0 Å². The maximum Gasteiger partial charge on any atom is 0.179 e. The summed E-state index contributed by atoms with van der Waals surface area (Å²) in [5, 5.41) is 9.64. The first kappa shape index (κ1) is 14.0. The van der Waals surface area contributed by atoms with Crippen molar-refractivity contribution in [1.82, 2.24) is 0 Å². The number of benzene rings is 2. The molecule has 0 unspecified atom stereocenters. The highest BCUT2D eigenvalue weighted by Crippen LogP contribution is 2.38. The number of rotatable bonds is 4. The Kier molecular flexibility index (Phi) is 4.18. The summed E-state index contributed by atoms with van der Waals surface area (Å²) in [5.74, 6) is 1.94. The lowest BCUT2D eigenvalue weighted by Crippen LogP contribution is -2.16. The molecule has 0 aliphatic carbocycles. The van der Waals surface area contributed by atoms with Crippen molar-refractivity contribution < 1.29 is 19.3 Å². The second-order valence-corrected chi connectivity index (χ2v) is 5.10. The molecular formula is C16H15ClO4. The first-order valence-electron chi connectivity index (χ1n) is 6.67. The number of hydrogen-bond acceptors (Lipinski definition) is 4. The lowest BCUT2D eigenvalue weighted by Gasteiger charge is -2.20. The van der Waals surface area contributed by atoms with E-state index in [1.807, 2.05) is 30.3 Å². The van der Waals surface area contributed by atoms with E-state index in [9.17, 15) is 0 Å². The molecule has 1 N–H and O–H groups in total. The van der Waals surface area contributed by atoms with Gasteiger partial charge in [-0.2, -0.15) is 0 Å². The summed E-state index contributed by atoms with van der Waals surface area (Å²) in [5.41, 5.74) is 1.71. The van der Waals surface area contributed by atoms with Crippen LogP contribution < -0.4 is 14.2 Å². The Morgan fingerprint density at radius 2 is 1.95 bits per heavy atom. The molecule has 0 aromatic heterocycles. The highest BCUT2D eigenvalue weighted by Gasteiger charge is 2.16. The van der Waals surface area contributed by atoms with E-state index in [1.165, 1.54) is 0 Å². The molecule has 0 spiro atoms. The van der Waals surface area contributed by atoms with Gasteiger partial charge in [-0.05, 0) is 35.4 Å². The van der Waals surface area contributed by atoms with Crippen LogP contribution in [-0.2, 0) is 13.2 Å². The van der Waals surface area contributed by atoms with E-state index in [4.69, 9.17) is 30.9 Å². The summed E-state index contributed by atoms with van der Waals surface area (Å²) < 4.78 is 16.7. The normalized spacial score (nSPS) is 13.0. The van der Waals surface area contributed by atoms with Crippen molar-refractivity contribution in [3.8, 4) is 17.2 Å². The van der Waals surface area contributed by atoms with Crippen molar-refractivity contribution in [2.24, 2.45) is 0 Å². The van der Waals surface area contributed by atoms with Crippen LogP contribution >= 0.6 is 11.6 Å². The third-order valence-corrected chi connectivity index (χ3v) is 3.42. The Labute approximate surface area is 127 Å². The molecule has 0 bridgehead atoms. The van der Waals surface area contributed by atoms with Crippen molar-refractivity contribution in [3.05, 3.63) is 52.5 Å². The van der Waals surface area contributed by atoms with Crippen molar-refractivity contribution in [1.29, 1.82) is 0 Å². The summed E-state index contributed by atoms with van der Waals surface area (Å²) in [7, 11) is 0. The number of ether oxygens (including phenoxy) is 3. The smallest absolute Gasteiger partial charge is 0.179 e. The first-order chi connectivity index (χ1) is 10.3. The van der Waals surface area contributed by atoms with Gasteiger partial charge in [0.1, 0.15) is 25.6 Å². The predicted molar refractivity (Wildman–Crippen MR) is 79.1 cm³/mol. The van der Waals surface area contributed by atoms with Crippen molar-refractivity contribution in [2.45, 2.75) is 13.2 Å². The zero-order valence-corrected chi connectivity index (χ0v) is 12.1. The molecule has 110 valence electrons. The largest absolute Gasteiger partial charge is 0.489 e. The quantitative estimate of drug-likeness (QED) is 0.942. The van der Waals surface area contributed by atoms with Gasteiger partial charge in [-0.3, -0.25) is 0 Å². The maximum atomic E-state index is 9.11. The summed E-state index contributed by atoms with van der Waals surface area (Å²) in [6, 6.07) is 11.0. The minimum absolute atomic E-state index is 0.00689. The van der Waals surface area contributed by atoms with Gasteiger partial charge in [-0.15, -0.1) is 0 Å². The zero-order chi connectivity index (χ0) is 14.7. The Balaban J connectivity index is 1.74. The van der Waals surface area contributed by atoms with Crippen LogP contribution in [0.1, 0.15) is 11.1 Å². The molecule has 0 radical (unpaired) electrons. The van der Waals surface area contributed by atoms with Crippen LogP contribution in [0.25, 0.3) is 0 Å². The topological polar surface area (TPSA) is 47.9 Å². The fourth-order valence-corrected chi connectivity index (χ4v) is 2.44. The van der Waals surface area contributed by atoms with Gasteiger partial charge in [0.05, 0.1) is 11.6 Å². The van der Waals surface area contributed by atoms with Gasteiger partial charge in [0.2, 0.25) is 0 Å². The van der Waals surface area contributed by atoms with Crippen LogP contribution in [0, 0.1) is 0 Å². The summed E-state index contributed by atoms with van der Waals surface area (Å²) in [6.45, 7) is 1.39. The monoisotopic (exact) mass is 306 g/mol. The zero-order valence-electron chi connectivity index (χ0n) is 11.3. The molecule has 21 heavy (non-hydrogen) atoms. The molecule has 0 saturated carbocycles. The van der Waals surface area contributed by atoms with Gasteiger partial charge in [0.15, 0.2) is 11.5 Å². The molecule has 5 heteroatoms. The van der Waals surface area contributed by atoms with E-state index in [0.29, 0.717) is 42.1 Å². The fourth-order valence-electron chi connectivity index (χ4n) is 2.15. The average molecular weight is 307 g/mol. The second-order valence-electron chi connectivity index (χ2n) is 4.70. The van der Waals surface area contributed by atoms with Crippen LogP contribution in [0.4, 0.5) is 0 Å². The van der Waals surface area contributed by atoms with Gasteiger partial charge >= 0.3 is 0 Å². The molecule has 2 aromatic carbocycles. The van der Waals surface area contributed by atoms with Crippen LogP contribution in [0.15, 0.2) is 36.4 Å². The highest BCUT2D eigenvalue weighted by atomic mass is 35.5. The van der Waals surface area contributed by atoms with Gasteiger partial charge in [-0.25, -0.2) is 0 Å². The Hall–Kier alpha value is -1.91. The molecule has 0 amide bonds. The maximum absolute atomic E-state index is 9.11. The lowest BCUT2D eigenvalue weighted by atomic mass is 10.2. The van der Waals surface area contributed by atoms with Gasteiger partial charge in [-0.1, -0.05) is 23.7 Å². The molecule has 1 aliphatic rings. The Bertz CT molecular complexity index is 642. The third kappa shape index (κ3) is 3.23. The molecule has 3 rings (SSSR count). The SMILES string of the molecule is OCc1cccc(OCc2cc(Cl)c3c(c2)OCCO3)c1. The second kappa shape index (κ2) is 6.24. The minimum Gasteiger partial charge on any atom is -0.489 e. The number of hydrogen-bond donors (Lipinski definition) is 1. The first-order valence-corrected chi connectivity index (χ1v) is 7.04. The molecular weight excluding hydrogens is 292 g/mol. The molecule has 1 heterocycles. The van der Waals surface area contributed by atoms with Crippen LogP contribution in [0.5, 0.6) is 17.2 Å². The van der Waals surface area contributed by atoms with E-state index in [2.05, 4.69) is 0 Å². The van der Waals surface area contributed by atoms with Crippen LogP contribution in [0.2, 0.25) is 5.02 Å². The standard InChI is InChI=1S/C16H15ClO4/c17-14-7-12(8-15-16(14)20-5-4-19-15)10-21-13-3-1-2-11(6-13)9-18/h1-3,6-8,18H,4-5,9-10H2. The van der Waals surface area contributed by atoms with Gasteiger partial charge in [0.25, 0.3) is 0 Å². The molecule has 0 fully saturated rings. The van der Waals surface area contributed by atoms with Crippen LogP contribution in [-0.4, -0.2) is 18.3 Å². The number of aliphatic hydroxyl groups excluding tert-OH is 1. The van der Waals surface area contributed by atoms with E-state index in [-0.39, 0.29) is 6.61 Å². The molecule has 0 atom stereocenters. The summed E-state index contributed by atoms with van der Waals surface area (Å²) in [4.78, 5) is 0. The number of fused-ring (bicyclic) bond motifs is 1. The molecule has 4 nitrogen and oxygen atoms in total. The molecule has 1 aliphatic heterocycles. The minimum atomic E-state index is -0.00689. The Morgan fingerprint density at radius 3 is 2.81 bits per heavy atom. The average Bonchev–Trinajstić information content (AvgIpc) is 2.53. The molecule has 0 saturated heterocycles. The van der Waals surface area contributed by atoms with E-state index < -0.39 is 0 Å². The summed E-state index contributed by atoms with van der Waals surface area (Å²) in [6.07, 6.45) is 0. The van der Waals surface area contributed by atoms with Crippen LogP contribution in [0.3, 0.4) is 0 Å². The Morgan fingerprint density at radius 1 is 1.10 bits per heavy atom. The van der Waals surface area contributed by atoms with Crippen molar-refractivity contribution in [2.75, 3.05) is 13.2 Å². The number of halogens is 1. The third-order valence-electron chi connectivity index (χ3n) is 3.14. The van der Waals surface area contributed by atoms with Crippen molar-refractivity contribution >= 4 is 11.6 Å². The molecule has 2 aromatic rings. The predicted octanol–water partition coefficient (Wildman–Crippen LogP) is 3.18. The summed E-state index contributed by atoms with van der Waals surface area (Å²) >= 11 is 6.18. The lowest BCUT2D eigenvalue weighted by molar-refractivity contribution is 0.171. The van der Waals surface area contributed by atoms with E-state index in [0.717, 1.165) is 11.1 Å². The fraction of sp³-hybridized carbons (Fsp3) is 0.250. The van der Waals surface area contributed by atoms with E-state index in [1.54, 1.807) is 6.07 Å². The van der Waals surface area contributed by atoms with Gasteiger partial charge in [0, 0.05) is 0 Å². The highest BCUT2D eigenvalue weighted by molar-refractivity contribution is 6.32. The van der Waals surface area contributed by atoms with Crippen molar-refractivity contribution in [3.63, 3.8) is 0 Å². The number of aliphatic hydroxyl groups is 1.